The van der Waals surface area contributed by atoms with E-state index in [-0.39, 0.29) is 11.6 Å². The summed E-state index contributed by atoms with van der Waals surface area (Å²) < 4.78 is 14.9. The van der Waals surface area contributed by atoms with Gasteiger partial charge in [-0.1, -0.05) is 30.3 Å². The molecule has 0 spiro atoms. The zero-order valence-electron chi connectivity index (χ0n) is 16.4. The van der Waals surface area contributed by atoms with E-state index in [1.54, 1.807) is 41.4 Å². The second-order valence-corrected chi connectivity index (χ2v) is 6.87. The van der Waals surface area contributed by atoms with Crippen molar-refractivity contribution in [3.8, 4) is 0 Å². The highest BCUT2D eigenvalue weighted by molar-refractivity contribution is 5.91. The summed E-state index contributed by atoms with van der Waals surface area (Å²) in [7, 11) is 0. The van der Waals surface area contributed by atoms with Crippen molar-refractivity contribution >= 4 is 28.5 Å². The van der Waals surface area contributed by atoms with Crippen LogP contribution in [0.5, 0.6) is 0 Å². The Labute approximate surface area is 173 Å². The number of rotatable bonds is 7. The second kappa shape index (κ2) is 8.65. The van der Waals surface area contributed by atoms with Crippen LogP contribution in [0.2, 0.25) is 0 Å². The summed E-state index contributed by atoms with van der Waals surface area (Å²) in [6, 6.07) is 13.9. The van der Waals surface area contributed by atoms with Crippen LogP contribution in [-0.4, -0.2) is 25.5 Å². The quantitative estimate of drug-likeness (QED) is 0.463. The molecule has 0 aliphatic rings. The number of nitrogens with zero attached hydrogens (tertiary/aromatic N) is 4. The summed E-state index contributed by atoms with van der Waals surface area (Å²) in [6.07, 6.45) is 7.12. The number of allylic oxidation sites excluding steroid dienone is 2. The number of carbonyl (C=O) groups excluding carboxylic acids is 1. The van der Waals surface area contributed by atoms with Crippen molar-refractivity contribution in [2.75, 3.05) is 5.32 Å². The molecule has 0 fully saturated rings. The molecule has 0 aliphatic heterocycles. The van der Waals surface area contributed by atoms with Gasteiger partial charge in [0.1, 0.15) is 5.82 Å². The van der Waals surface area contributed by atoms with Crippen molar-refractivity contribution < 1.29 is 9.18 Å². The van der Waals surface area contributed by atoms with E-state index in [0.29, 0.717) is 30.2 Å². The Morgan fingerprint density at radius 3 is 2.73 bits per heavy atom. The third-order valence-corrected chi connectivity index (χ3v) is 4.53. The number of aromatic nitrogens is 4. The summed E-state index contributed by atoms with van der Waals surface area (Å²) >= 11 is 0. The lowest BCUT2D eigenvalue weighted by molar-refractivity contribution is -0.114. The minimum Gasteiger partial charge on any atom is -0.324 e. The lowest BCUT2D eigenvalue weighted by Gasteiger charge is -2.07. The van der Waals surface area contributed by atoms with Crippen molar-refractivity contribution in [3.63, 3.8) is 0 Å². The number of halogens is 1. The Balaban J connectivity index is 1.56. The first-order valence-electron chi connectivity index (χ1n) is 9.55. The maximum atomic E-state index is 13.1. The first kappa shape index (κ1) is 19.4. The maximum absolute atomic E-state index is 13.1. The Morgan fingerprint density at radius 1 is 1.13 bits per heavy atom. The van der Waals surface area contributed by atoms with E-state index in [4.69, 9.17) is 0 Å². The summed E-state index contributed by atoms with van der Waals surface area (Å²) in [5.74, 6) is 0.176. The van der Waals surface area contributed by atoms with Crippen LogP contribution in [0.25, 0.3) is 11.0 Å². The van der Waals surface area contributed by atoms with Crippen molar-refractivity contribution in [1.82, 2.24) is 19.7 Å². The average molecular weight is 401 g/mol. The van der Waals surface area contributed by atoms with Crippen LogP contribution in [0.3, 0.4) is 0 Å². The molecule has 4 rings (SSSR count). The summed E-state index contributed by atoms with van der Waals surface area (Å²) in [5, 5.41) is 8.32. The van der Waals surface area contributed by atoms with E-state index < -0.39 is 0 Å². The van der Waals surface area contributed by atoms with Gasteiger partial charge in [-0.2, -0.15) is 10.1 Å². The number of hydrogen-bond acceptors (Lipinski definition) is 5. The Hall–Kier alpha value is -3.87. The van der Waals surface area contributed by atoms with Gasteiger partial charge in [0.2, 0.25) is 5.95 Å². The standard InChI is InChI=1S/C23H20FN5O/c1-2-4-21(30)12-16-5-3-6-17(11-16)15-29-22-18(14-26-29)13-25-23(28-22)27-20-9-7-19(24)8-10-20/h2-11,13-14H,12,15H2,1H3,(H,25,27,28)/b4-2+. The van der Waals surface area contributed by atoms with Crippen molar-refractivity contribution in [2.24, 2.45) is 0 Å². The van der Waals surface area contributed by atoms with Crippen LogP contribution in [0.15, 0.2) is 73.1 Å². The fourth-order valence-electron chi connectivity index (χ4n) is 3.16. The lowest BCUT2D eigenvalue weighted by Crippen LogP contribution is -2.05. The molecule has 2 aromatic carbocycles. The molecule has 0 radical (unpaired) electrons. The van der Waals surface area contributed by atoms with Crippen LogP contribution in [0, 0.1) is 5.82 Å². The molecule has 2 aromatic heterocycles. The van der Waals surface area contributed by atoms with E-state index in [0.717, 1.165) is 16.5 Å². The number of nitrogens with one attached hydrogen (secondary N) is 1. The number of carbonyl (C=O) groups is 1. The van der Waals surface area contributed by atoms with Gasteiger partial charge in [-0.3, -0.25) is 4.79 Å². The largest absolute Gasteiger partial charge is 0.324 e. The zero-order valence-corrected chi connectivity index (χ0v) is 16.4. The van der Waals surface area contributed by atoms with Crippen LogP contribution >= 0.6 is 0 Å². The highest BCUT2D eigenvalue weighted by Gasteiger charge is 2.09. The predicted octanol–water partition coefficient (Wildman–Crippen LogP) is 4.45. The van der Waals surface area contributed by atoms with Crippen molar-refractivity contribution in [1.29, 1.82) is 0 Å². The number of hydrogen-bond donors (Lipinski definition) is 1. The molecule has 0 saturated heterocycles. The van der Waals surface area contributed by atoms with Gasteiger partial charge < -0.3 is 5.32 Å². The minimum atomic E-state index is -0.301. The van der Waals surface area contributed by atoms with Gasteiger partial charge in [0, 0.05) is 18.3 Å². The Morgan fingerprint density at radius 2 is 1.93 bits per heavy atom. The maximum Gasteiger partial charge on any atom is 0.229 e. The average Bonchev–Trinajstić information content (AvgIpc) is 3.12. The summed E-state index contributed by atoms with van der Waals surface area (Å²) in [4.78, 5) is 20.7. The molecular weight excluding hydrogens is 381 g/mol. The van der Waals surface area contributed by atoms with Crippen molar-refractivity contribution in [3.05, 3.63) is 90.0 Å². The molecule has 2 heterocycles. The van der Waals surface area contributed by atoms with Gasteiger partial charge in [0.15, 0.2) is 11.4 Å². The third-order valence-electron chi connectivity index (χ3n) is 4.53. The third kappa shape index (κ3) is 4.57. The van der Waals surface area contributed by atoms with E-state index >= 15 is 0 Å². The molecule has 7 heteroatoms. The topological polar surface area (TPSA) is 72.7 Å². The Kier molecular flexibility index (Phi) is 5.61. The molecule has 1 N–H and O–H groups in total. The Bertz CT molecular complexity index is 1210. The fourth-order valence-corrected chi connectivity index (χ4v) is 3.16. The van der Waals surface area contributed by atoms with Gasteiger partial charge in [0.25, 0.3) is 0 Å². The van der Waals surface area contributed by atoms with Crippen LogP contribution in [-0.2, 0) is 17.8 Å². The summed E-state index contributed by atoms with van der Waals surface area (Å²) in [6.45, 7) is 2.35. The monoisotopic (exact) mass is 401 g/mol. The van der Waals surface area contributed by atoms with Gasteiger partial charge in [-0.25, -0.2) is 14.1 Å². The molecule has 0 amide bonds. The molecule has 0 bridgehead atoms. The molecule has 6 nitrogen and oxygen atoms in total. The second-order valence-electron chi connectivity index (χ2n) is 6.87. The molecule has 0 unspecified atom stereocenters. The zero-order chi connectivity index (χ0) is 20.9. The smallest absolute Gasteiger partial charge is 0.229 e. The number of anilines is 2. The van der Waals surface area contributed by atoms with E-state index in [1.807, 2.05) is 31.2 Å². The number of fused-ring (bicyclic) bond motifs is 1. The van der Waals surface area contributed by atoms with Gasteiger partial charge in [-0.05, 0) is 48.4 Å². The molecular formula is C23H20FN5O. The first-order valence-corrected chi connectivity index (χ1v) is 9.55. The van der Waals surface area contributed by atoms with E-state index in [9.17, 15) is 9.18 Å². The molecule has 4 aromatic rings. The fraction of sp³-hybridized carbons (Fsp3) is 0.130. The summed E-state index contributed by atoms with van der Waals surface area (Å²) in [5.41, 5.74) is 3.36. The molecule has 0 atom stereocenters. The highest BCUT2D eigenvalue weighted by Crippen LogP contribution is 2.18. The first-order chi connectivity index (χ1) is 14.6. The van der Waals surface area contributed by atoms with Gasteiger partial charge in [-0.15, -0.1) is 0 Å². The molecule has 30 heavy (non-hydrogen) atoms. The molecule has 0 saturated carbocycles. The van der Waals surface area contributed by atoms with Crippen LogP contribution in [0.1, 0.15) is 18.1 Å². The van der Waals surface area contributed by atoms with E-state index in [1.165, 1.54) is 12.1 Å². The van der Waals surface area contributed by atoms with Crippen LogP contribution < -0.4 is 5.32 Å². The lowest BCUT2D eigenvalue weighted by atomic mass is 10.1. The molecule has 0 aliphatic carbocycles. The molecule has 150 valence electrons. The normalized spacial score (nSPS) is 11.3. The SMILES string of the molecule is C/C=C/C(=O)Cc1cccc(Cn2ncc3cnc(Nc4ccc(F)cc4)nc32)c1. The number of benzene rings is 2. The highest BCUT2D eigenvalue weighted by atomic mass is 19.1. The minimum absolute atomic E-state index is 0.0726. The van der Waals surface area contributed by atoms with E-state index in [2.05, 4.69) is 20.4 Å². The van der Waals surface area contributed by atoms with Crippen molar-refractivity contribution in [2.45, 2.75) is 19.9 Å². The van der Waals surface area contributed by atoms with Crippen LogP contribution in [0.4, 0.5) is 16.0 Å². The predicted molar refractivity (Wildman–Crippen MR) is 114 cm³/mol. The van der Waals surface area contributed by atoms with Gasteiger partial charge in [0.05, 0.1) is 18.1 Å². The number of ketones is 1. The van der Waals surface area contributed by atoms with Gasteiger partial charge >= 0.3 is 0 Å².